The van der Waals surface area contributed by atoms with Crippen LogP contribution in [0.1, 0.15) is 71.6 Å². The minimum atomic E-state index is -0.193. The van der Waals surface area contributed by atoms with Crippen LogP contribution in [0.5, 0.6) is 0 Å². The summed E-state index contributed by atoms with van der Waals surface area (Å²) in [5.74, 6) is 3.00. The first kappa shape index (κ1) is 21.7. The smallest absolute Gasteiger partial charge is 0.302 e. The third-order valence-corrected chi connectivity index (χ3v) is 8.61. The van der Waals surface area contributed by atoms with Gasteiger partial charge in [0, 0.05) is 12.8 Å². The van der Waals surface area contributed by atoms with E-state index in [-0.39, 0.29) is 17.5 Å². The third-order valence-electron chi connectivity index (χ3n) is 8.61. The fraction of sp³-hybridized carbons (Fsp3) is 0.731. The normalized spacial score (nSPS) is 39.4. The molecule has 2 N–H and O–H groups in total. The quantitative estimate of drug-likeness (QED) is 0.427. The Kier molecular flexibility index (Phi) is 6.43. The second-order valence-electron chi connectivity index (χ2n) is 10.3. The molecule has 0 unspecified atom stereocenters. The van der Waals surface area contributed by atoms with Crippen molar-refractivity contribution in [2.24, 2.45) is 35.0 Å². The SMILES string of the molecule is CC(=O)OCCCCCC[C@@H]1C=C2C=C(O)C=C[C@@H]2[C@H]2CC[C@]3(C)[C@@H](O)CC[C@H]3[C@@H]21. The number of hydrogen-bond donors (Lipinski definition) is 2. The first-order valence-electron chi connectivity index (χ1n) is 12.0. The maximum absolute atomic E-state index is 10.9. The highest BCUT2D eigenvalue weighted by molar-refractivity contribution is 5.65. The van der Waals surface area contributed by atoms with E-state index in [1.165, 1.54) is 31.8 Å². The Morgan fingerprint density at radius 3 is 2.80 bits per heavy atom. The molecule has 0 aliphatic heterocycles. The average Bonchev–Trinajstić information content (AvgIpc) is 3.01. The van der Waals surface area contributed by atoms with Gasteiger partial charge in [-0.1, -0.05) is 38.3 Å². The first-order chi connectivity index (χ1) is 14.4. The van der Waals surface area contributed by atoms with Gasteiger partial charge in [0.15, 0.2) is 0 Å². The lowest BCUT2D eigenvalue weighted by atomic mass is 9.51. The number of rotatable bonds is 7. The second-order valence-corrected chi connectivity index (χ2v) is 10.3. The van der Waals surface area contributed by atoms with Crippen LogP contribution in [0, 0.1) is 35.0 Å². The Morgan fingerprint density at radius 2 is 2.00 bits per heavy atom. The second kappa shape index (κ2) is 8.90. The summed E-state index contributed by atoms with van der Waals surface area (Å²) in [5.41, 5.74) is 1.38. The van der Waals surface area contributed by atoms with Crippen molar-refractivity contribution in [2.75, 3.05) is 6.61 Å². The minimum Gasteiger partial charge on any atom is -0.508 e. The molecule has 0 radical (unpaired) electrons. The van der Waals surface area contributed by atoms with Crippen LogP contribution in [0.2, 0.25) is 0 Å². The maximum atomic E-state index is 10.9. The molecule has 0 saturated heterocycles. The highest BCUT2D eigenvalue weighted by Crippen LogP contribution is 2.62. The molecule has 0 bridgehead atoms. The number of carbonyl (C=O) groups excluding carboxylic acids is 1. The molecule has 4 nitrogen and oxygen atoms in total. The third kappa shape index (κ3) is 4.12. The van der Waals surface area contributed by atoms with Crippen molar-refractivity contribution >= 4 is 5.97 Å². The van der Waals surface area contributed by atoms with E-state index >= 15 is 0 Å². The largest absolute Gasteiger partial charge is 0.508 e. The Hall–Kier alpha value is -1.55. The Balaban J connectivity index is 1.45. The first-order valence-corrected chi connectivity index (χ1v) is 12.0. The number of unbranched alkanes of at least 4 members (excludes halogenated alkanes) is 3. The summed E-state index contributed by atoms with van der Waals surface area (Å²) in [6.07, 6.45) is 18.3. The molecule has 4 aliphatic carbocycles. The van der Waals surface area contributed by atoms with Gasteiger partial charge >= 0.3 is 5.97 Å². The molecule has 4 rings (SSSR count). The van der Waals surface area contributed by atoms with Crippen LogP contribution in [0.25, 0.3) is 0 Å². The van der Waals surface area contributed by atoms with Crippen molar-refractivity contribution < 1.29 is 19.7 Å². The molecule has 2 fully saturated rings. The van der Waals surface area contributed by atoms with E-state index in [2.05, 4.69) is 19.1 Å². The molecule has 166 valence electrons. The lowest BCUT2D eigenvalue weighted by Gasteiger charge is -2.54. The molecule has 0 aromatic heterocycles. The van der Waals surface area contributed by atoms with Crippen molar-refractivity contribution in [3.05, 3.63) is 35.6 Å². The zero-order chi connectivity index (χ0) is 21.3. The molecule has 0 heterocycles. The Labute approximate surface area is 181 Å². The van der Waals surface area contributed by atoms with Gasteiger partial charge in [0.25, 0.3) is 0 Å². The molecular weight excluding hydrogens is 376 g/mol. The fourth-order valence-corrected chi connectivity index (χ4v) is 7.09. The monoisotopic (exact) mass is 414 g/mol. The number of carbonyl (C=O) groups is 1. The summed E-state index contributed by atoms with van der Waals surface area (Å²) in [6, 6.07) is 0. The van der Waals surface area contributed by atoms with Crippen LogP contribution in [0.15, 0.2) is 35.6 Å². The van der Waals surface area contributed by atoms with Gasteiger partial charge < -0.3 is 14.9 Å². The Bertz CT molecular complexity index is 735. The van der Waals surface area contributed by atoms with Gasteiger partial charge in [-0.05, 0) is 85.3 Å². The molecule has 7 atom stereocenters. The van der Waals surface area contributed by atoms with Crippen molar-refractivity contribution in [1.82, 2.24) is 0 Å². The molecular formula is C26H38O4. The lowest BCUT2D eigenvalue weighted by Crippen LogP contribution is -2.49. The summed E-state index contributed by atoms with van der Waals surface area (Å²) >= 11 is 0. The molecule has 0 aromatic rings. The summed E-state index contributed by atoms with van der Waals surface area (Å²) in [5, 5.41) is 20.8. The van der Waals surface area contributed by atoms with Crippen LogP contribution >= 0.6 is 0 Å². The highest BCUT2D eigenvalue weighted by atomic mass is 16.5. The predicted octanol–water partition coefficient (Wildman–Crippen LogP) is 5.49. The molecule has 2 saturated carbocycles. The molecule has 4 heteroatoms. The molecule has 0 aromatic carbocycles. The van der Waals surface area contributed by atoms with Crippen molar-refractivity contribution in [1.29, 1.82) is 0 Å². The van der Waals surface area contributed by atoms with E-state index in [1.54, 1.807) is 0 Å². The Morgan fingerprint density at radius 1 is 1.20 bits per heavy atom. The van der Waals surface area contributed by atoms with E-state index in [9.17, 15) is 15.0 Å². The van der Waals surface area contributed by atoms with E-state index in [0.29, 0.717) is 42.0 Å². The van der Waals surface area contributed by atoms with Crippen molar-refractivity contribution in [3.8, 4) is 0 Å². The number of hydrogen-bond acceptors (Lipinski definition) is 4. The summed E-state index contributed by atoms with van der Waals surface area (Å²) < 4.78 is 5.04. The van der Waals surface area contributed by atoms with Gasteiger partial charge in [-0.25, -0.2) is 0 Å². The summed E-state index contributed by atoms with van der Waals surface area (Å²) in [6.45, 7) is 4.33. The van der Waals surface area contributed by atoms with Gasteiger partial charge in [0.05, 0.1) is 12.7 Å². The van der Waals surface area contributed by atoms with E-state index in [1.807, 2.05) is 12.2 Å². The topological polar surface area (TPSA) is 66.8 Å². The number of ether oxygens (including phenoxy) is 1. The van der Waals surface area contributed by atoms with Crippen LogP contribution < -0.4 is 0 Å². The van der Waals surface area contributed by atoms with Crippen LogP contribution in [0.4, 0.5) is 0 Å². The zero-order valence-electron chi connectivity index (χ0n) is 18.6. The van der Waals surface area contributed by atoms with Gasteiger partial charge in [0.1, 0.15) is 5.76 Å². The maximum Gasteiger partial charge on any atom is 0.302 e. The highest BCUT2D eigenvalue weighted by Gasteiger charge is 2.57. The number of allylic oxidation sites excluding steroid dienone is 5. The van der Waals surface area contributed by atoms with Gasteiger partial charge in [-0.15, -0.1) is 0 Å². The van der Waals surface area contributed by atoms with E-state index in [4.69, 9.17) is 4.74 Å². The predicted molar refractivity (Wildman–Crippen MR) is 118 cm³/mol. The van der Waals surface area contributed by atoms with Crippen LogP contribution in [-0.2, 0) is 9.53 Å². The zero-order valence-corrected chi connectivity index (χ0v) is 18.6. The number of aliphatic hydroxyl groups excluding tert-OH is 2. The van der Waals surface area contributed by atoms with Crippen molar-refractivity contribution in [2.45, 2.75) is 77.7 Å². The molecule has 30 heavy (non-hydrogen) atoms. The van der Waals surface area contributed by atoms with Crippen molar-refractivity contribution in [3.63, 3.8) is 0 Å². The molecule has 0 spiro atoms. The lowest BCUT2D eigenvalue weighted by molar-refractivity contribution is -0.141. The summed E-state index contributed by atoms with van der Waals surface area (Å²) in [4.78, 5) is 10.9. The number of esters is 1. The van der Waals surface area contributed by atoms with Gasteiger partial charge in [-0.3, -0.25) is 4.79 Å². The van der Waals surface area contributed by atoms with Crippen LogP contribution in [0.3, 0.4) is 0 Å². The summed E-state index contributed by atoms with van der Waals surface area (Å²) in [7, 11) is 0. The van der Waals surface area contributed by atoms with E-state index in [0.717, 1.165) is 38.5 Å². The van der Waals surface area contributed by atoms with Crippen LogP contribution in [-0.4, -0.2) is 28.9 Å². The number of fused-ring (bicyclic) bond motifs is 5. The van der Waals surface area contributed by atoms with Gasteiger partial charge in [0.2, 0.25) is 0 Å². The van der Waals surface area contributed by atoms with Gasteiger partial charge in [-0.2, -0.15) is 0 Å². The fourth-order valence-electron chi connectivity index (χ4n) is 7.09. The number of aliphatic hydroxyl groups is 2. The molecule has 0 amide bonds. The standard InChI is InChI=1S/C26H38O4/c1-17(27)30-14-6-4-3-5-7-18-15-19-16-20(28)8-9-21(19)22-12-13-26(2)23(25(18)22)10-11-24(26)29/h8-9,15-16,18,21-25,28-29H,3-7,10-14H2,1-2H3/t18-,21+,22-,23+,24+,25-,26+/m1/s1. The molecule has 4 aliphatic rings. The minimum absolute atomic E-state index is 0.0746. The average molecular weight is 415 g/mol. The van der Waals surface area contributed by atoms with E-state index < -0.39 is 0 Å².